The Morgan fingerprint density at radius 2 is 2.26 bits per heavy atom. The number of benzene rings is 1. The molecule has 1 saturated heterocycles. The zero-order valence-corrected chi connectivity index (χ0v) is 11.6. The van der Waals surface area contributed by atoms with Crippen LogP contribution in [0, 0.1) is 0 Å². The second-order valence-corrected chi connectivity index (χ2v) is 5.41. The number of carbonyl (C=O) groups is 1. The van der Waals surface area contributed by atoms with E-state index >= 15 is 0 Å². The highest BCUT2D eigenvalue weighted by Crippen LogP contribution is 2.23. The Morgan fingerprint density at radius 1 is 1.42 bits per heavy atom. The van der Waals surface area contributed by atoms with Gasteiger partial charge in [-0.25, -0.2) is 4.79 Å². The molecule has 1 aliphatic heterocycles. The first-order chi connectivity index (χ1) is 9.20. The lowest BCUT2D eigenvalue weighted by atomic mass is 9.97. The summed E-state index contributed by atoms with van der Waals surface area (Å²) in [5, 5.41) is 9.04. The van der Waals surface area contributed by atoms with E-state index in [1.165, 1.54) is 32.1 Å². The summed E-state index contributed by atoms with van der Waals surface area (Å²) < 4.78 is 0. The zero-order valence-electron chi connectivity index (χ0n) is 11.6. The van der Waals surface area contributed by atoms with Gasteiger partial charge in [0.05, 0.1) is 5.56 Å². The van der Waals surface area contributed by atoms with Gasteiger partial charge in [0.15, 0.2) is 0 Å². The van der Waals surface area contributed by atoms with E-state index in [-0.39, 0.29) is 0 Å². The summed E-state index contributed by atoms with van der Waals surface area (Å²) >= 11 is 0. The molecule has 0 aliphatic carbocycles. The summed E-state index contributed by atoms with van der Waals surface area (Å²) in [6.45, 7) is 4.26. The highest BCUT2D eigenvalue weighted by molar-refractivity contribution is 5.87. The van der Waals surface area contributed by atoms with Crippen LogP contribution in [0.5, 0.6) is 0 Å². The van der Waals surface area contributed by atoms with Gasteiger partial charge in [-0.05, 0) is 43.5 Å². The molecule has 0 radical (unpaired) electrons. The first-order valence-electron chi connectivity index (χ1n) is 7.27. The number of likely N-dealkylation sites (tertiary alicyclic amines) is 1. The molecule has 0 saturated carbocycles. The fraction of sp³-hybridized carbons (Fsp3) is 0.562. The number of rotatable bonds is 5. The molecule has 1 aromatic rings. The van der Waals surface area contributed by atoms with Gasteiger partial charge in [-0.2, -0.15) is 0 Å². The number of aromatic carboxylic acids is 1. The molecule has 0 aromatic heterocycles. The summed E-state index contributed by atoms with van der Waals surface area (Å²) in [4.78, 5) is 13.5. The molecule has 1 aromatic carbocycles. The van der Waals surface area contributed by atoms with E-state index < -0.39 is 5.97 Å². The normalized spacial score (nSPS) is 20.4. The van der Waals surface area contributed by atoms with Crippen molar-refractivity contribution in [3.8, 4) is 0 Å². The minimum absolute atomic E-state index is 0.390. The van der Waals surface area contributed by atoms with Crippen LogP contribution in [-0.2, 0) is 6.54 Å². The number of carboxylic acids is 1. The van der Waals surface area contributed by atoms with Crippen LogP contribution in [0.2, 0.25) is 0 Å². The summed E-state index contributed by atoms with van der Waals surface area (Å²) in [5.74, 6) is -0.842. The molecule has 1 aliphatic rings. The first-order valence-corrected chi connectivity index (χ1v) is 7.27. The summed E-state index contributed by atoms with van der Waals surface area (Å²) in [5.41, 5.74) is 1.50. The lowest BCUT2D eigenvalue weighted by Gasteiger charge is -2.35. The van der Waals surface area contributed by atoms with E-state index in [1.54, 1.807) is 12.1 Å². The van der Waals surface area contributed by atoms with Crippen molar-refractivity contribution in [2.24, 2.45) is 0 Å². The Bertz CT molecular complexity index is 429. The fourth-order valence-electron chi connectivity index (χ4n) is 2.97. The molecule has 0 spiro atoms. The highest BCUT2D eigenvalue weighted by Gasteiger charge is 2.21. The average molecular weight is 261 g/mol. The lowest BCUT2D eigenvalue weighted by Crippen LogP contribution is -2.38. The van der Waals surface area contributed by atoms with Crippen LogP contribution < -0.4 is 0 Å². The van der Waals surface area contributed by atoms with Crippen molar-refractivity contribution in [2.75, 3.05) is 6.54 Å². The molecule has 0 amide bonds. The van der Waals surface area contributed by atoms with Crippen LogP contribution in [0.3, 0.4) is 0 Å². The van der Waals surface area contributed by atoms with Gasteiger partial charge in [0, 0.05) is 12.6 Å². The van der Waals surface area contributed by atoms with Crippen molar-refractivity contribution < 1.29 is 9.90 Å². The molecule has 3 nitrogen and oxygen atoms in total. The molecular weight excluding hydrogens is 238 g/mol. The fourth-order valence-corrected chi connectivity index (χ4v) is 2.97. The molecule has 3 heteroatoms. The number of hydrogen-bond acceptors (Lipinski definition) is 2. The van der Waals surface area contributed by atoms with Crippen molar-refractivity contribution in [1.29, 1.82) is 0 Å². The van der Waals surface area contributed by atoms with Gasteiger partial charge in [-0.15, -0.1) is 0 Å². The van der Waals surface area contributed by atoms with E-state index in [1.807, 2.05) is 12.1 Å². The predicted molar refractivity (Wildman–Crippen MR) is 76.4 cm³/mol. The van der Waals surface area contributed by atoms with Gasteiger partial charge >= 0.3 is 5.97 Å². The molecular formula is C16H23NO2. The molecule has 1 unspecified atom stereocenters. The van der Waals surface area contributed by atoms with Gasteiger partial charge in [0.1, 0.15) is 0 Å². The molecule has 1 fully saturated rings. The van der Waals surface area contributed by atoms with Crippen LogP contribution >= 0.6 is 0 Å². The van der Waals surface area contributed by atoms with Crippen LogP contribution in [0.15, 0.2) is 24.3 Å². The first kappa shape index (κ1) is 14.1. The van der Waals surface area contributed by atoms with Crippen LogP contribution in [0.1, 0.15) is 54.9 Å². The topological polar surface area (TPSA) is 40.5 Å². The smallest absolute Gasteiger partial charge is 0.335 e. The van der Waals surface area contributed by atoms with Gasteiger partial charge in [-0.1, -0.05) is 31.9 Å². The maximum atomic E-state index is 11.0. The van der Waals surface area contributed by atoms with Crippen molar-refractivity contribution in [2.45, 2.75) is 51.6 Å². The quantitative estimate of drug-likeness (QED) is 0.881. The van der Waals surface area contributed by atoms with E-state index in [0.717, 1.165) is 18.7 Å². The highest BCUT2D eigenvalue weighted by atomic mass is 16.4. The van der Waals surface area contributed by atoms with Gasteiger partial charge in [0.2, 0.25) is 0 Å². The Kier molecular flexibility index (Phi) is 4.97. The Hall–Kier alpha value is -1.35. The average Bonchev–Trinajstić information content (AvgIpc) is 2.41. The predicted octanol–water partition coefficient (Wildman–Crippen LogP) is 3.54. The third kappa shape index (κ3) is 3.80. The number of piperidine rings is 1. The molecule has 104 valence electrons. The number of hydrogen-bond donors (Lipinski definition) is 1. The van der Waals surface area contributed by atoms with Crippen molar-refractivity contribution >= 4 is 5.97 Å². The minimum atomic E-state index is -0.842. The molecule has 0 bridgehead atoms. The largest absolute Gasteiger partial charge is 0.478 e. The summed E-state index contributed by atoms with van der Waals surface area (Å²) in [6, 6.07) is 8.01. The van der Waals surface area contributed by atoms with Crippen molar-refractivity contribution in [3.05, 3.63) is 35.4 Å². The lowest BCUT2D eigenvalue weighted by molar-refractivity contribution is 0.0696. The maximum Gasteiger partial charge on any atom is 0.335 e. The van der Waals surface area contributed by atoms with Crippen LogP contribution in [0.25, 0.3) is 0 Å². The second kappa shape index (κ2) is 6.71. The van der Waals surface area contributed by atoms with E-state index in [4.69, 9.17) is 5.11 Å². The molecule has 1 N–H and O–H groups in total. The summed E-state index contributed by atoms with van der Waals surface area (Å²) in [7, 11) is 0. The van der Waals surface area contributed by atoms with E-state index in [2.05, 4.69) is 11.8 Å². The summed E-state index contributed by atoms with van der Waals surface area (Å²) in [6.07, 6.45) is 6.34. The van der Waals surface area contributed by atoms with Crippen LogP contribution in [-0.4, -0.2) is 28.6 Å². The zero-order chi connectivity index (χ0) is 13.7. The number of carboxylic acid groups (broad SMARTS) is 1. The minimum Gasteiger partial charge on any atom is -0.478 e. The number of nitrogens with zero attached hydrogens (tertiary/aromatic N) is 1. The third-order valence-electron chi connectivity index (χ3n) is 3.93. The molecule has 1 atom stereocenters. The molecule has 19 heavy (non-hydrogen) atoms. The SMILES string of the molecule is CCCC1CCCCN1Cc1cccc(C(=O)O)c1. The Labute approximate surface area is 115 Å². The Balaban J connectivity index is 2.06. The third-order valence-corrected chi connectivity index (χ3v) is 3.93. The monoisotopic (exact) mass is 261 g/mol. The van der Waals surface area contributed by atoms with Crippen LogP contribution in [0.4, 0.5) is 0 Å². The Morgan fingerprint density at radius 3 is 3.00 bits per heavy atom. The molecule has 1 heterocycles. The van der Waals surface area contributed by atoms with Crippen molar-refractivity contribution in [1.82, 2.24) is 4.90 Å². The second-order valence-electron chi connectivity index (χ2n) is 5.41. The van der Waals surface area contributed by atoms with Gasteiger partial charge < -0.3 is 5.11 Å². The molecule has 2 rings (SSSR count). The van der Waals surface area contributed by atoms with Crippen molar-refractivity contribution in [3.63, 3.8) is 0 Å². The van der Waals surface area contributed by atoms with Gasteiger partial charge in [0.25, 0.3) is 0 Å². The maximum absolute atomic E-state index is 11.0. The standard InChI is InChI=1S/C16H23NO2/c1-2-6-15-9-3-4-10-17(15)12-13-7-5-8-14(11-13)16(18)19/h5,7-8,11,15H,2-4,6,9-10,12H2,1H3,(H,18,19). The van der Waals surface area contributed by atoms with Gasteiger partial charge in [-0.3, -0.25) is 4.90 Å². The van der Waals surface area contributed by atoms with E-state index in [0.29, 0.717) is 11.6 Å². The van der Waals surface area contributed by atoms with E-state index in [9.17, 15) is 4.79 Å².